The molecule has 2 N–H and O–H groups in total. The molecule has 1 aliphatic heterocycles. The van der Waals surface area contributed by atoms with Crippen molar-refractivity contribution in [3.05, 3.63) is 30.1 Å². The molecule has 2 fully saturated rings. The second-order valence-corrected chi connectivity index (χ2v) is 9.32. The number of hydrogen-bond donors (Lipinski definition) is 2. The third kappa shape index (κ3) is 6.82. The highest BCUT2D eigenvalue weighted by Crippen LogP contribution is 2.29. The van der Waals surface area contributed by atoms with E-state index in [4.69, 9.17) is 4.98 Å². The van der Waals surface area contributed by atoms with Gasteiger partial charge in [-0.1, -0.05) is 32.3 Å². The smallest absolute Gasteiger partial charge is 0.224 e. The normalized spacial score (nSPS) is 19.4. The highest BCUT2D eigenvalue weighted by Gasteiger charge is 2.20. The SMILES string of the molecule is CCC(F)CNc1ncc(-c2ccc(CN3CCC(F)CC3)cn2)c(NC2CCCCC2)n1. The summed E-state index contributed by atoms with van der Waals surface area (Å²) >= 11 is 0. The second-order valence-electron chi connectivity index (χ2n) is 9.32. The topological polar surface area (TPSA) is 66.0 Å². The van der Waals surface area contributed by atoms with Crippen molar-refractivity contribution < 1.29 is 8.78 Å². The molecule has 0 aromatic carbocycles. The zero-order valence-electron chi connectivity index (χ0n) is 19.6. The maximum Gasteiger partial charge on any atom is 0.224 e. The molecule has 1 unspecified atom stereocenters. The lowest BCUT2D eigenvalue weighted by Gasteiger charge is -2.28. The van der Waals surface area contributed by atoms with Gasteiger partial charge in [-0.2, -0.15) is 4.98 Å². The Kier molecular flexibility index (Phi) is 8.42. The molecule has 2 aromatic rings. The number of hydrogen-bond acceptors (Lipinski definition) is 6. The molecule has 1 saturated heterocycles. The summed E-state index contributed by atoms with van der Waals surface area (Å²) in [6.45, 7) is 4.39. The number of anilines is 2. The van der Waals surface area contributed by atoms with Crippen LogP contribution < -0.4 is 10.6 Å². The second kappa shape index (κ2) is 11.7. The van der Waals surface area contributed by atoms with Gasteiger partial charge in [0.25, 0.3) is 0 Å². The van der Waals surface area contributed by atoms with Crippen molar-refractivity contribution in [1.82, 2.24) is 19.9 Å². The number of nitrogens with zero attached hydrogens (tertiary/aromatic N) is 4. The van der Waals surface area contributed by atoms with Gasteiger partial charge in [-0.25, -0.2) is 13.8 Å². The Bertz CT molecular complexity index is 864. The number of piperidine rings is 1. The van der Waals surface area contributed by atoms with Crippen LogP contribution >= 0.6 is 0 Å². The molecule has 8 heteroatoms. The molecule has 3 heterocycles. The molecule has 0 radical (unpaired) electrons. The lowest BCUT2D eigenvalue weighted by molar-refractivity contribution is 0.145. The van der Waals surface area contributed by atoms with Gasteiger partial charge in [0.1, 0.15) is 18.2 Å². The van der Waals surface area contributed by atoms with Crippen LogP contribution in [0, 0.1) is 0 Å². The number of rotatable bonds is 9. The van der Waals surface area contributed by atoms with Crippen molar-refractivity contribution >= 4 is 11.8 Å². The van der Waals surface area contributed by atoms with E-state index in [1.54, 1.807) is 6.20 Å². The molecule has 0 spiro atoms. The summed E-state index contributed by atoms with van der Waals surface area (Å²) in [4.78, 5) is 16.1. The number of likely N-dealkylation sites (tertiary alicyclic amines) is 1. The van der Waals surface area contributed by atoms with Crippen molar-refractivity contribution in [1.29, 1.82) is 0 Å². The highest BCUT2D eigenvalue weighted by molar-refractivity contribution is 5.73. The molecule has 180 valence electrons. The Morgan fingerprint density at radius 2 is 1.85 bits per heavy atom. The predicted octanol–water partition coefficient (Wildman–Crippen LogP) is 5.38. The molecule has 0 amide bonds. The minimum absolute atomic E-state index is 0.200. The van der Waals surface area contributed by atoms with E-state index in [0.717, 1.165) is 55.1 Å². The van der Waals surface area contributed by atoms with Gasteiger partial charge in [0, 0.05) is 44.6 Å². The molecule has 2 aromatic heterocycles. The number of nitrogens with one attached hydrogen (secondary N) is 2. The first-order valence-electron chi connectivity index (χ1n) is 12.4. The average molecular weight is 459 g/mol. The lowest BCUT2D eigenvalue weighted by atomic mass is 9.95. The van der Waals surface area contributed by atoms with Gasteiger partial charge in [0.05, 0.1) is 11.3 Å². The first-order chi connectivity index (χ1) is 16.1. The Balaban J connectivity index is 1.49. The van der Waals surface area contributed by atoms with Crippen molar-refractivity contribution in [2.45, 2.75) is 83.2 Å². The van der Waals surface area contributed by atoms with E-state index in [2.05, 4.69) is 31.6 Å². The van der Waals surface area contributed by atoms with Crippen molar-refractivity contribution in [3.8, 4) is 11.3 Å². The summed E-state index contributed by atoms with van der Waals surface area (Å²) in [6.07, 6.45) is 9.72. The van der Waals surface area contributed by atoms with E-state index in [1.165, 1.54) is 19.3 Å². The summed E-state index contributed by atoms with van der Waals surface area (Å²) in [7, 11) is 0. The number of aromatic nitrogens is 3. The quantitative estimate of drug-likeness (QED) is 0.526. The summed E-state index contributed by atoms with van der Waals surface area (Å²) in [5.41, 5.74) is 2.77. The van der Waals surface area contributed by atoms with Crippen LogP contribution in [0.4, 0.5) is 20.5 Å². The van der Waals surface area contributed by atoms with Crippen LogP contribution in [-0.2, 0) is 6.54 Å². The minimum atomic E-state index is -0.923. The fourth-order valence-electron chi connectivity index (χ4n) is 4.55. The van der Waals surface area contributed by atoms with E-state index in [9.17, 15) is 8.78 Å². The predicted molar refractivity (Wildman–Crippen MR) is 129 cm³/mol. The van der Waals surface area contributed by atoms with Crippen LogP contribution in [0.5, 0.6) is 0 Å². The van der Waals surface area contributed by atoms with Crippen molar-refractivity contribution in [2.75, 3.05) is 30.3 Å². The first-order valence-corrected chi connectivity index (χ1v) is 12.4. The molecule has 2 aliphatic rings. The lowest BCUT2D eigenvalue weighted by Crippen LogP contribution is -2.33. The number of alkyl halides is 2. The van der Waals surface area contributed by atoms with Crippen LogP contribution in [0.15, 0.2) is 24.5 Å². The van der Waals surface area contributed by atoms with E-state index in [-0.39, 0.29) is 6.54 Å². The van der Waals surface area contributed by atoms with Crippen LogP contribution in [0.25, 0.3) is 11.3 Å². The fraction of sp³-hybridized carbons (Fsp3) is 0.640. The highest BCUT2D eigenvalue weighted by atomic mass is 19.1. The summed E-state index contributed by atoms with van der Waals surface area (Å²) in [6, 6.07) is 4.46. The Morgan fingerprint density at radius 1 is 1.06 bits per heavy atom. The number of halogens is 2. The molecule has 4 rings (SSSR count). The van der Waals surface area contributed by atoms with Crippen LogP contribution in [0.1, 0.15) is 63.9 Å². The molecule has 1 saturated carbocycles. The monoisotopic (exact) mass is 458 g/mol. The molecule has 33 heavy (non-hydrogen) atoms. The average Bonchev–Trinajstić information content (AvgIpc) is 2.85. The van der Waals surface area contributed by atoms with Crippen LogP contribution in [-0.4, -0.2) is 57.9 Å². The third-order valence-corrected chi connectivity index (χ3v) is 6.68. The zero-order valence-corrected chi connectivity index (χ0v) is 19.6. The summed E-state index contributed by atoms with van der Waals surface area (Å²) < 4.78 is 27.1. The first kappa shape index (κ1) is 23.8. The van der Waals surface area contributed by atoms with Gasteiger partial charge in [-0.3, -0.25) is 9.88 Å². The van der Waals surface area contributed by atoms with Gasteiger partial charge < -0.3 is 10.6 Å². The fourth-order valence-corrected chi connectivity index (χ4v) is 4.55. The largest absolute Gasteiger partial charge is 0.367 e. The maximum absolute atomic E-state index is 13.7. The standard InChI is InChI=1S/C25H36F2N6/c1-2-19(26)15-29-25-30-16-22(24(32-25)31-21-6-4-3-5-7-21)23-9-8-18(14-28-23)17-33-12-10-20(27)11-13-33/h8-9,14,16,19-21H,2-7,10-13,15,17H2,1H3,(H2,29,30,31,32). The number of pyridine rings is 1. The van der Waals surface area contributed by atoms with E-state index in [1.807, 2.05) is 19.2 Å². The molecule has 1 atom stereocenters. The minimum Gasteiger partial charge on any atom is -0.367 e. The van der Waals surface area contributed by atoms with Gasteiger partial charge in [0.2, 0.25) is 5.95 Å². The summed E-state index contributed by atoms with van der Waals surface area (Å²) in [5.74, 6) is 1.18. The zero-order chi connectivity index (χ0) is 23.0. The van der Waals surface area contributed by atoms with E-state index < -0.39 is 12.3 Å². The van der Waals surface area contributed by atoms with Crippen molar-refractivity contribution in [2.24, 2.45) is 0 Å². The van der Waals surface area contributed by atoms with Gasteiger partial charge in [-0.05, 0) is 43.7 Å². The van der Waals surface area contributed by atoms with Crippen LogP contribution in [0.2, 0.25) is 0 Å². The van der Waals surface area contributed by atoms with E-state index >= 15 is 0 Å². The Labute approximate surface area is 195 Å². The molecule has 6 nitrogen and oxygen atoms in total. The Morgan fingerprint density at radius 3 is 2.55 bits per heavy atom. The van der Waals surface area contributed by atoms with Gasteiger partial charge in [-0.15, -0.1) is 0 Å². The molecule has 0 bridgehead atoms. The van der Waals surface area contributed by atoms with E-state index in [0.29, 0.717) is 31.3 Å². The van der Waals surface area contributed by atoms with Gasteiger partial charge >= 0.3 is 0 Å². The van der Waals surface area contributed by atoms with Crippen molar-refractivity contribution in [3.63, 3.8) is 0 Å². The molecular formula is C25H36F2N6. The Hall–Kier alpha value is -2.35. The maximum atomic E-state index is 13.7. The molecular weight excluding hydrogens is 422 g/mol. The summed E-state index contributed by atoms with van der Waals surface area (Å²) in [5, 5.41) is 6.63. The van der Waals surface area contributed by atoms with Gasteiger partial charge in [0.15, 0.2) is 0 Å². The van der Waals surface area contributed by atoms with Crippen LogP contribution in [0.3, 0.4) is 0 Å². The molecule has 1 aliphatic carbocycles. The third-order valence-electron chi connectivity index (χ3n) is 6.68.